The molecule has 2 unspecified atom stereocenters. The van der Waals surface area contributed by atoms with E-state index in [-0.39, 0.29) is 0 Å². The van der Waals surface area contributed by atoms with Gasteiger partial charge in [0, 0.05) is 37.7 Å². The lowest BCUT2D eigenvalue weighted by Crippen LogP contribution is -2.41. The average Bonchev–Trinajstić information content (AvgIpc) is 2.90. The molecule has 2 fully saturated rings. The van der Waals surface area contributed by atoms with Gasteiger partial charge in [-0.15, -0.1) is 0 Å². The van der Waals surface area contributed by atoms with Gasteiger partial charge in [0.1, 0.15) is 17.5 Å². The molecule has 5 heteroatoms. The molecule has 116 valence electrons. The fourth-order valence-corrected chi connectivity index (χ4v) is 3.53. The second kappa shape index (κ2) is 6.18. The maximum absolute atomic E-state index is 4.70. The van der Waals surface area contributed by atoms with Gasteiger partial charge in [-0.1, -0.05) is 20.3 Å². The highest BCUT2D eigenvalue weighted by atomic mass is 15.2. The van der Waals surface area contributed by atoms with Crippen LogP contribution in [-0.2, 0) is 0 Å². The molecule has 0 bridgehead atoms. The van der Waals surface area contributed by atoms with E-state index in [0.29, 0.717) is 18.0 Å². The van der Waals surface area contributed by atoms with Crippen molar-refractivity contribution in [3.05, 3.63) is 11.9 Å². The predicted molar refractivity (Wildman–Crippen MR) is 86.9 cm³/mol. The molecule has 2 N–H and O–H groups in total. The van der Waals surface area contributed by atoms with Gasteiger partial charge in [-0.25, -0.2) is 9.97 Å². The van der Waals surface area contributed by atoms with Crippen LogP contribution in [0.2, 0.25) is 0 Å². The number of aromatic nitrogens is 2. The summed E-state index contributed by atoms with van der Waals surface area (Å²) in [5, 5.41) is 6.82. The number of anilines is 2. The SMILES string of the molecule is CNc1cc(NC2CCN3CCCCC23)nc(C(C)C)n1. The Kier molecular flexibility index (Phi) is 4.29. The van der Waals surface area contributed by atoms with Crippen molar-refractivity contribution in [2.24, 2.45) is 0 Å². The third kappa shape index (κ3) is 3.12. The van der Waals surface area contributed by atoms with Crippen LogP contribution in [0.1, 0.15) is 51.3 Å². The minimum Gasteiger partial charge on any atom is -0.373 e. The van der Waals surface area contributed by atoms with Crippen LogP contribution in [0, 0.1) is 0 Å². The minimum absolute atomic E-state index is 0.341. The van der Waals surface area contributed by atoms with E-state index in [2.05, 4.69) is 34.4 Å². The van der Waals surface area contributed by atoms with Crippen molar-refractivity contribution in [1.82, 2.24) is 14.9 Å². The van der Waals surface area contributed by atoms with Gasteiger partial charge < -0.3 is 10.6 Å². The fraction of sp³-hybridized carbons (Fsp3) is 0.750. The summed E-state index contributed by atoms with van der Waals surface area (Å²) in [6.45, 7) is 6.77. The zero-order valence-corrected chi connectivity index (χ0v) is 13.4. The number of hydrogen-bond donors (Lipinski definition) is 2. The molecular formula is C16H27N5. The number of nitrogens with one attached hydrogen (secondary N) is 2. The summed E-state index contributed by atoms with van der Waals surface area (Å²) in [6.07, 6.45) is 5.26. The van der Waals surface area contributed by atoms with E-state index in [1.807, 2.05) is 13.1 Å². The topological polar surface area (TPSA) is 53.1 Å². The summed E-state index contributed by atoms with van der Waals surface area (Å²) in [5.74, 6) is 3.11. The Bertz CT molecular complexity index is 488. The molecule has 2 aliphatic heterocycles. The van der Waals surface area contributed by atoms with Gasteiger partial charge in [0.2, 0.25) is 0 Å². The Labute approximate surface area is 127 Å². The highest BCUT2D eigenvalue weighted by Crippen LogP contribution is 2.29. The van der Waals surface area contributed by atoms with Crippen LogP contribution >= 0.6 is 0 Å². The van der Waals surface area contributed by atoms with Gasteiger partial charge in [-0.2, -0.15) is 0 Å². The highest BCUT2D eigenvalue weighted by molar-refractivity contribution is 5.48. The number of nitrogens with zero attached hydrogens (tertiary/aromatic N) is 3. The van der Waals surface area contributed by atoms with E-state index in [4.69, 9.17) is 4.98 Å². The van der Waals surface area contributed by atoms with Crippen LogP contribution in [0.3, 0.4) is 0 Å². The van der Waals surface area contributed by atoms with Crippen molar-refractivity contribution >= 4 is 11.6 Å². The Morgan fingerprint density at radius 1 is 1.14 bits per heavy atom. The predicted octanol–water partition coefficient (Wildman–Crippen LogP) is 2.68. The largest absolute Gasteiger partial charge is 0.373 e. The summed E-state index contributed by atoms with van der Waals surface area (Å²) in [7, 11) is 1.91. The van der Waals surface area contributed by atoms with E-state index in [1.165, 1.54) is 38.8 Å². The zero-order chi connectivity index (χ0) is 14.8. The lowest BCUT2D eigenvalue weighted by atomic mass is 9.99. The number of piperidine rings is 1. The third-order valence-electron chi connectivity index (χ3n) is 4.71. The molecule has 5 nitrogen and oxygen atoms in total. The van der Waals surface area contributed by atoms with Gasteiger partial charge in [0.25, 0.3) is 0 Å². The highest BCUT2D eigenvalue weighted by Gasteiger charge is 2.35. The van der Waals surface area contributed by atoms with Gasteiger partial charge in [-0.05, 0) is 25.8 Å². The molecule has 0 saturated carbocycles. The summed E-state index contributed by atoms with van der Waals surface area (Å²) in [6, 6.07) is 3.25. The van der Waals surface area contributed by atoms with Crippen LogP contribution < -0.4 is 10.6 Å². The first-order valence-corrected chi connectivity index (χ1v) is 8.24. The molecule has 0 aromatic carbocycles. The first kappa shape index (κ1) is 14.6. The van der Waals surface area contributed by atoms with Crippen molar-refractivity contribution in [3.63, 3.8) is 0 Å². The van der Waals surface area contributed by atoms with E-state index < -0.39 is 0 Å². The smallest absolute Gasteiger partial charge is 0.135 e. The molecule has 0 aliphatic carbocycles. The van der Waals surface area contributed by atoms with Gasteiger partial charge in [0.05, 0.1) is 0 Å². The van der Waals surface area contributed by atoms with E-state index in [0.717, 1.165) is 17.5 Å². The van der Waals surface area contributed by atoms with E-state index in [1.54, 1.807) is 0 Å². The molecule has 2 aliphatic rings. The molecule has 0 spiro atoms. The Morgan fingerprint density at radius 3 is 2.71 bits per heavy atom. The lowest BCUT2D eigenvalue weighted by molar-refractivity contribution is 0.192. The Morgan fingerprint density at radius 2 is 1.95 bits per heavy atom. The fourth-order valence-electron chi connectivity index (χ4n) is 3.53. The molecule has 21 heavy (non-hydrogen) atoms. The Hall–Kier alpha value is -1.36. The third-order valence-corrected chi connectivity index (χ3v) is 4.71. The maximum Gasteiger partial charge on any atom is 0.135 e. The monoisotopic (exact) mass is 289 g/mol. The molecule has 1 aromatic rings. The quantitative estimate of drug-likeness (QED) is 0.892. The van der Waals surface area contributed by atoms with E-state index >= 15 is 0 Å². The zero-order valence-electron chi connectivity index (χ0n) is 13.4. The second-order valence-corrected chi connectivity index (χ2v) is 6.54. The van der Waals surface area contributed by atoms with Gasteiger partial charge >= 0.3 is 0 Å². The van der Waals surface area contributed by atoms with Gasteiger partial charge in [-0.3, -0.25) is 4.90 Å². The molecule has 3 rings (SSSR count). The second-order valence-electron chi connectivity index (χ2n) is 6.54. The molecule has 1 aromatic heterocycles. The molecular weight excluding hydrogens is 262 g/mol. The van der Waals surface area contributed by atoms with Crippen molar-refractivity contribution in [1.29, 1.82) is 0 Å². The van der Waals surface area contributed by atoms with Crippen molar-refractivity contribution < 1.29 is 0 Å². The van der Waals surface area contributed by atoms with Crippen molar-refractivity contribution in [2.75, 3.05) is 30.8 Å². The average molecular weight is 289 g/mol. The van der Waals surface area contributed by atoms with Crippen LogP contribution in [0.25, 0.3) is 0 Å². The van der Waals surface area contributed by atoms with Crippen LogP contribution in [0.15, 0.2) is 6.07 Å². The normalized spacial score (nSPS) is 25.9. The van der Waals surface area contributed by atoms with Crippen molar-refractivity contribution in [3.8, 4) is 0 Å². The first-order chi connectivity index (χ1) is 10.2. The summed E-state index contributed by atoms with van der Waals surface area (Å²) >= 11 is 0. The molecule has 3 heterocycles. The molecule has 0 amide bonds. The lowest BCUT2D eigenvalue weighted by Gasteiger charge is -2.32. The summed E-state index contributed by atoms with van der Waals surface area (Å²) in [5.41, 5.74) is 0. The number of hydrogen-bond acceptors (Lipinski definition) is 5. The number of rotatable bonds is 4. The van der Waals surface area contributed by atoms with Crippen LogP contribution in [0.4, 0.5) is 11.6 Å². The Balaban J connectivity index is 1.76. The van der Waals surface area contributed by atoms with Gasteiger partial charge in [0.15, 0.2) is 0 Å². The van der Waals surface area contributed by atoms with Crippen molar-refractivity contribution in [2.45, 2.75) is 57.5 Å². The number of fused-ring (bicyclic) bond motifs is 1. The molecule has 2 atom stereocenters. The summed E-state index contributed by atoms with van der Waals surface area (Å²) < 4.78 is 0. The van der Waals surface area contributed by atoms with Crippen LogP contribution in [0.5, 0.6) is 0 Å². The maximum atomic E-state index is 4.70. The standard InChI is InChI=1S/C16H27N5/c1-11(2)16-19-14(17-3)10-15(20-16)18-12-7-9-21-8-5-4-6-13(12)21/h10-13H,4-9H2,1-3H3,(H2,17,18,19,20). The van der Waals surface area contributed by atoms with Crippen LogP contribution in [-0.4, -0.2) is 47.1 Å². The first-order valence-electron chi connectivity index (χ1n) is 8.24. The van der Waals surface area contributed by atoms with E-state index in [9.17, 15) is 0 Å². The molecule has 2 saturated heterocycles. The minimum atomic E-state index is 0.341. The molecule has 0 radical (unpaired) electrons. The summed E-state index contributed by atoms with van der Waals surface area (Å²) in [4.78, 5) is 11.9.